The molecule has 2 rings (SSSR count). The van der Waals surface area contributed by atoms with Gasteiger partial charge in [-0.05, 0) is 26.0 Å². The van der Waals surface area contributed by atoms with E-state index in [2.05, 4.69) is 4.98 Å². The van der Waals surface area contributed by atoms with Gasteiger partial charge < -0.3 is 4.74 Å². The number of thiazole rings is 1. The molecule has 0 fully saturated rings. The lowest BCUT2D eigenvalue weighted by Gasteiger charge is -2.11. The molecular weight excluding hydrogens is 234 g/mol. The molecule has 17 heavy (non-hydrogen) atoms. The minimum Gasteiger partial charge on any atom is -0.494 e. The summed E-state index contributed by atoms with van der Waals surface area (Å²) in [6.45, 7) is 4.49. The van der Waals surface area contributed by atoms with E-state index >= 15 is 0 Å². The molecular formula is C13H13NO2S. The average Bonchev–Trinajstić information content (AvgIpc) is 2.85. The van der Waals surface area contributed by atoms with Crippen LogP contribution in [-0.4, -0.2) is 17.9 Å². The quantitative estimate of drug-likeness (QED) is 0.778. The number of hydrogen-bond donors (Lipinski definition) is 0. The summed E-state index contributed by atoms with van der Waals surface area (Å²) >= 11 is 1.55. The highest BCUT2D eigenvalue weighted by Gasteiger charge is 2.11. The van der Waals surface area contributed by atoms with Crippen molar-refractivity contribution in [3.8, 4) is 16.3 Å². The van der Waals surface area contributed by atoms with Crippen molar-refractivity contribution in [2.75, 3.05) is 6.61 Å². The second-order valence-electron chi connectivity index (χ2n) is 3.58. The lowest BCUT2D eigenvalue weighted by molar-refractivity contribution is 0.112. The fraction of sp³-hybridized carbons (Fsp3) is 0.231. The number of ether oxygens (including phenoxy) is 1. The summed E-state index contributed by atoms with van der Waals surface area (Å²) in [5, 5.41) is 2.83. The Labute approximate surface area is 104 Å². The van der Waals surface area contributed by atoms with E-state index in [1.807, 2.05) is 25.3 Å². The molecule has 0 saturated heterocycles. The highest BCUT2D eigenvalue weighted by Crippen LogP contribution is 2.32. The first kappa shape index (κ1) is 11.8. The van der Waals surface area contributed by atoms with Crippen molar-refractivity contribution < 1.29 is 9.53 Å². The Bertz CT molecular complexity index is 520. The molecule has 3 nitrogen and oxygen atoms in total. The van der Waals surface area contributed by atoms with Gasteiger partial charge in [0.05, 0.1) is 6.61 Å². The van der Waals surface area contributed by atoms with Crippen LogP contribution in [0.1, 0.15) is 22.8 Å². The predicted molar refractivity (Wildman–Crippen MR) is 68.8 cm³/mol. The van der Waals surface area contributed by atoms with E-state index < -0.39 is 0 Å². The molecule has 0 aliphatic heterocycles. The SMILES string of the molecule is CCOc1cc(C=O)cc(-c2nccs2)c1C. The first-order valence-electron chi connectivity index (χ1n) is 5.38. The van der Waals surface area contributed by atoms with Gasteiger partial charge in [-0.15, -0.1) is 11.3 Å². The van der Waals surface area contributed by atoms with Crippen molar-refractivity contribution in [1.29, 1.82) is 0 Å². The van der Waals surface area contributed by atoms with Crippen LogP contribution in [0.3, 0.4) is 0 Å². The maximum Gasteiger partial charge on any atom is 0.150 e. The maximum atomic E-state index is 10.9. The molecule has 1 aromatic carbocycles. The molecule has 0 aliphatic carbocycles. The number of hydrogen-bond acceptors (Lipinski definition) is 4. The molecule has 0 unspecified atom stereocenters. The summed E-state index contributed by atoms with van der Waals surface area (Å²) in [5.74, 6) is 0.752. The fourth-order valence-corrected chi connectivity index (χ4v) is 2.37. The van der Waals surface area contributed by atoms with Gasteiger partial charge >= 0.3 is 0 Å². The first-order chi connectivity index (χ1) is 8.26. The van der Waals surface area contributed by atoms with Crippen molar-refractivity contribution >= 4 is 17.6 Å². The summed E-state index contributed by atoms with van der Waals surface area (Å²) in [6, 6.07) is 3.62. The van der Waals surface area contributed by atoms with Gasteiger partial charge in [0.2, 0.25) is 0 Å². The smallest absolute Gasteiger partial charge is 0.150 e. The number of benzene rings is 1. The standard InChI is InChI=1S/C13H13NO2S/c1-3-16-12-7-10(8-15)6-11(9(12)2)13-14-4-5-17-13/h4-8H,3H2,1-2H3. The zero-order valence-electron chi connectivity index (χ0n) is 9.77. The molecule has 1 heterocycles. The molecule has 0 amide bonds. The van der Waals surface area contributed by atoms with E-state index in [9.17, 15) is 4.79 Å². The second kappa shape index (κ2) is 5.10. The van der Waals surface area contributed by atoms with Crippen LogP contribution in [0.4, 0.5) is 0 Å². The molecule has 0 saturated carbocycles. The van der Waals surface area contributed by atoms with E-state index in [0.29, 0.717) is 12.2 Å². The van der Waals surface area contributed by atoms with Crippen molar-refractivity contribution in [2.24, 2.45) is 0 Å². The van der Waals surface area contributed by atoms with Gasteiger partial charge in [-0.1, -0.05) is 0 Å². The largest absolute Gasteiger partial charge is 0.494 e. The van der Waals surface area contributed by atoms with Crippen LogP contribution < -0.4 is 4.74 Å². The average molecular weight is 247 g/mol. The van der Waals surface area contributed by atoms with E-state index in [0.717, 1.165) is 28.2 Å². The normalized spacial score (nSPS) is 10.2. The van der Waals surface area contributed by atoms with E-state index in [-0.39, 0.29) is 0 Å². The minimum atomic E-state index is 0.584. The Morgan fingerprint density at radius 3 is 2.88 bits per heavy atom. The number of carbonyl (C=O) groups is 1. The van der Waals surface area contributed by atoms with Crippen LogP contribution in [0.5, 0.6) is 5.75 Å². The Morgan fingerprint density at radius 1 is 1.47 bits per heavy atom. The zero-order chi connectivity index (χ0) is 12.3. The van der Waals surface area contributed by atoms with Gasteiger partial charge in [-0.3, -0.25) is 4.79 Å². The molecule has 2 aromatic rings. The maximum absolute atomic E-state index is 10.9. The summed E-state index contributed by atoms with van der Waals surface area (Å²) in [6.07, 6.45) is 2.59. The van der Waals surface area contributed by atoms with E-state index in [1.165, 1.54) is 0 Å². The summed E-state index contributed by atoms with van der Waals surface area (Å²) in [4.78, 5) is 15.2. The van der Waals surface area contributed by atoms with Gasteiger partial charge in [0, 0.05) is 28.3 Å². The van der Waals surface area contributed by atoms with Crippen molar-refractivity contribution in [3.63, 3.8) is 0 Å². The van der Waals surface area contributed by atoms with Crippen molar-refractivity contribution in [2.45, 2.75) is 13.8 Å². The van der Waals surface area contributed by atoms with E-state index in [1.54, 1.807) is 23.6 Å². The number of aldehydes is 1. The number of nitrogens with zero attached hydrogens (tertiary/aromatic N) is 1. The molecule has 0 bridgehead atoms. The van der Waals surface area contributed by atoms with Crippen LogP contribution in [0, 0.1) is 6.92 Å². The first-order valence-corrected chi connectivity index (χ1v) is 6.26. The molecule has 1 aromatic heterocycles. The minimum absolute atomic E-state index is 0.584. The van der Waals surface area contributed by atoms with Crippen molar-refractivity contribution in [3.05, 3.63) is 34.8 Å². The van der Waals surface area contributed by atoms with Crippen LogP contribution in [0.2, 0.25) is 0 Å². The predicted octanol–water partition coefficient (Wildman–Crippen LogP) is 3.33. The monoisotopic (exact) mass is 247 g/mol. The number of rotatable bonds is 4. The van der Waals surface area contributed by atoms with Gasteiger partial charge in [0.25, 0.3) is 0 Å². The molecule has 0 radical (unpaired) electrons. The molecule has 88 valence electrons. The summed E-state index contributed by atoms with van der Waals surface area (Å²) in [7, 11) is 0. The molecule has 0 atom stereocenters. The molecule has 0 spiro atoms. The highest BCUT2D eigenvalue weighted by atomic mass is 32.1. The zero-order valence-corrected chi connectivity index (χ0v) is 10.6. The Morgan fingerprint density at radius 2 is 2.29 bits per heavy atom. The molecule has 4 heteroatoms. The summed E-state index contributed by atoms with van der Waals surface area (Å²) < 4.78 is 5.54. The third-order valence-electron chi connectivity index (χ3n) is 2.48. The third kappa shape index (κ3) is 2.36. The lowest BCUT2D eigenvalue weighted by Crippen LogP contribution is -1.97. The van der Waals surface area contributed by atoms with Crippen LogP contribution in [-0.2, 0) is 0 Å². The topological polar surface area (TPSA) is 39.2 Å². The lowest BCUT2D eigenvalue weighted by atomic mass is 10.0. The number of aromatic nitrogens is 1. The van der Waals surface area contributed by atoms with Gasteiger partial charge in [-0.25, -0.2) is 4.98 Å². The Balaban J connectivity index is 2.57. The van der Waals surface area contributed by atoms with Gasteiger partial charge in [-0.2, -0.15) is 0 Å². The van der Waals surface area contributed by atoms with Crippen molar-refractivity contribution in [1.82, 2.24) is 4.98 Å². The number of carbonyl (C=O) groups excluding carboxylic acids is 1. The van der Waals surface area contributed by atoms with Crippen LogP contribution >= 0.6 is 11.3 Å². The Hall–Kier alpha value is -1.68. The van der Waals surface area contributed by atoms with Gasteiger partial charge in [0.1, 0.15) is 17.0 Å². The van der Waals surface area contributed by atoms with Crippen LogP contribution in [0.25, 0.3) is 10.6 Å². The molecule has 0 aliphatic rings. The van der Waals surface area contributed by atoms with Gasteiger partial charge in [0.15, 0.2) is 0 Å². The third-order valence-corrected chi connectivity index (χ3v) is 3.29. The van der Waals surface area contributed by atoms with Crippen LogP contribution in [0.15, 0.2) is 23.7 Å². The Kier molecular flexibility index (Phi) is 3.54. The van der Waals surface area contributed by atoms with E-state index in [4.69, 9.17) is 4.74 Å². The fourth-order valence-electron chi connectivity index (χ4n) is 1.66. The summed E-state index contributed by atoms with van der Waals surface area (Å²) in [5.41, 5.74) is 2.60. The highest BCUT2D eigenvalue weighted by molar-refractivity contribution is 7.13. The molecule has 0 N–H and O–H groups in total. The second-order valence-corrected chi connectivity index (χ2v) is 4.47.